The number of pyridine rings is 1. The summed E-state index contributed by atoms with van der Waals surface area (Å²) in [5.41, 5.74) is 0.305. The third-order valence-electron chi connectivity index (χ3n) is 4.66. The molecule has 1 N–H and O–H groups in total. The second-order valence-corrected chi connectivity index (χ2v) is 6.31. The Balaban J connectivity index is 1.80. The second-order valence-electron chi connectivity index (χ2n) is 6.31. The fourth-order valence-corrected chi connectivity index (χ4v) is 3.31. The van der Waals surface area contributed by atoms with Crippen LogP contribution in [0.3, 0.4) is 0 Å². The molecule has 1 unspecified atom stereocenters. The molecule has 7 heteroatoms. The summed E-state index contributed by atoms with van der Waals surface area (Å²) < 4.78 is 44.7. The van der Waals surface area contributed by atoms with Crippen LogP contribution in [0.4, 0.5) is 19.0 Å². The van der Waals surface area contributed by atoms with Gasteiger partial charge in [-0.2, -0.15) is 13.2 Å². The van der Waals surface area contributed by atoms with Crippen LogP contribution in [0.25, 0.3) is 0 Å². The van der Waals surface area contributed by atoms with Gasteiger partial charge >= 0.3 is 6.18 Å². The van der Waals surface area contributed by atoms with Gasteiger partial charge in [0.15, 0.2) is 0 Å². The summed E-state index contributed by atoms with van der Waals surface area (Å²) in [6, 6.07) is 10.0. The summed E-state index contributed by atoms with van der Waals surface area (Å²) in [6.45, 7) is 2.23. The maximum Gasteiger partial charge on any atom is 0.419 e. The van der Waals surface area contributed by atoms with Gasteiger partial charge in [0.25, 0.3) is 0 Å². The number of likely N-dealkylation sites (tertiary alicyclic amines) is 1. The highest BCUT2D eigenvalue weighted by Crippen LogP contribution is 2.34. The molecule has 1 aromatic carbocycles. The molecule has 1 aliphatic rings. The molecule has 2 aromatic rings. The Bertz CT molecular complexity index is 713. The number of halogens is 3. The molecule has 1 fully saturated rings. The van der Waals surface area contributed by atoms with Crippen LogP contribution in [-0.2, 0) is 6.18 Å². The van der Waals surface area contributed by atoms with E-state index in [2.05, 4.69) is 15.2 Å². The highest BCUT2D eigenvalue weighted by molar-refractivity contribution is 5.46. The van der Waals surface area contributed by atoms with Crippen LogP contribution in [0.15, 0.2) is 42.6 Å². The van der Waals surface area contributed by atoms with Crippen molar-refractivity contribution in [2.75, 3.05) is 32.1 Å². The van der Waals surface area contributed by atoms with Gasteiger partial charge in [0, 0.05) is 12.7 Å². The van der Waals surface area contributed by atoms with Crippen molar-refractivity contribution in [3.8, 4) is 5.75 Å². The SMILES string of the molecule is COc1ccc(C(CNc2ncccc2C(F)(F)F)N2CCCC2)cc1. The lowest BCUT2D eigenvalue weighted by Gasteiger charge is -2.29. The van der Waals surface area contributed by atoms with Crippen LogP contribution >= 0.6 is 0 Å². The summed E-state index contributed by atoms with van der Waals surface area (Å²) >= 11 is 0. The summed E-state index contributed by atoms with van der Waals surface area (Å²) in [5.74, 6) is 0.628. The van der Waals surface area contributed by atoms with E-state index in [0.29, 0.717) is 6.54 Å². The third-order valence-corrected chi connectivity index (χ3v) is 4.66. The molecule has 0 spiro atoms. The zero-order valence-electron chi connectivity index (χ0n) is 14.6. The molecule has 1 aromatic heterocycles. The number of nitrogens with one attached hydrogen (secondary N) is 1. The lowest BCUT2D eigenvalue weighted by Crippen LogP contribution is -2.31. The van der Waals surface area contributed by atoms with Gasteiger partial charge in [-0.25, -0.2) is 4.98 Å². The number of hydrogen-bond acceptors (Lipinski definition) is 4. The molecule has 0 amide bonds. The number of anilines is 1. The number of hydrogen-bond donors (Lipinski definition) is 1. The quantitative estimate of drug-likeness (QED) is 0.825. The zero-order valence-corrected chi connectivity index (χ0v) is 14.6. The van der Waals surface area contributed by atoms with E-state index < -0.39 is 11.7 Å². The number of aromatic nitrogens is 1. The van der Waals surface area contributed by atoms with Crippen LogP contribution in [0.2, 0.25) is 0 Å². The van der Waals surface area contributed by atoms with E-state index in [9.17, 15) is 13.2 Å². The van der Waals surface area contributed by atoms with Crippen molar-refractivity contribution in [3.05, 3.63) is 53.7 Å². The van der Waals surface area contributed by atoms with Crippen LogP contribution < -0.4 is 10.1 Å². The maximum absolute atomic E-state index is 13.2. The van der Waals surface area contributed by atoms with Crippen molar-refractivity contribution in [2.45, 2.75) is 25.1 Å². The Kier molecular flexibility index (Phi) is 5.66. The van der Waals surface area contributed by atoms with Gasteiger partial charge in [-0.05, 0) is 55.8 Å². The highest BCUT2D eigenvalue weighted by atomic mass is 19.4. The average Bonchev–Trinajstić information content (AvgIpc) is 3.16. The molecular weight excluding hydrogens is 343 g/mol. The molecule has 26 heavy (non-hydrogen) atoms. The monoisotopic (exact) mass is 365 g/mol. The highest BCUT2D eigenvalue weighted by Gasteiger charge is 2.34. The van der Waals surface area contributed by atoms with Gasteiger partial charge in [0.1, 0.15) is 11.6 Å². The lowest BCUT2D eigenvalue weighted by molar-refractivity contribution is -0.137. The standard InChI is InChI=1S/C19H22F3N3O/c1-26-15-8-6-14(7-9-15)17(25-11-2-3-12-25)13-24-18-16(19(20,21)22)5-4-10-23-18/h4-10,17H,2-3,11-13H2,1H3,(H,23,24). The van der Waals surface area contributed by atoms with Crippen LogP contribution in [-0.4, -0.2) is 36.6 Å². The van der Waals surface area contributed by atoms with Gasteiger partial charge in [-0.15, -0.1) is 0 Å². The normalized spacial score (nSPS) is 16.5. The Hall–Kier alpha value is -2.28. The fourth-order valence-electron chi connectivity index (χ4n) is 3.31. The van der Waals surface area contributed by atoms with E-state index in [1.165, 1.54) is 12.3 Å². The summed E-state index contributed by atoms with van der Waals surface area (Å²) in [6.07, 6.45) is -0.857. The summed E-state index contributed by atoms with van der Waals surface area (Å²) in [7, 11) is 1.61. The van der Waals surface area contributed by atoms with Crippen molar-refractivity contribution in [2.24, 2.45) is 0 Å². The van der Waals surface area contributed by atoms with Gasteiger partial charge in [0.2, 0.25) is 0 Å². The number of methoxy groups -OCH3 is 1. The molecule has 0 aliphatic carbocycles. The summed E-state index contributed by atoms with van der Waals surface area (Å²) in [5, 5.41) is 2.92. The first-order valence-electron chi connectivity index (χ1n) is 8.63. The van der Waals surface area contributed by atoms with E-state index in [4.69, 9.17) is 4.74 Å². The van der Waals surface area contributed by atoms with Gasteiger partial charge in [-0.3, -0.25) is 4.90 Å². The molecule has 1 aliphatic heterocycles. The number of nitrogens with zero attached hydrogens (tertiary/aromatic N) is 2. The molecular formula is C19H22F3N3O. The smallest absolute Gasteiger partial charge is 0.419 e. The first-order valence-corrected chi connectivity index (χ1v) is 8.63. The van der Waals surface area contributed by atoms with E-state index in [-0.39, 0.29) is 11.9 Å². The van der Waals surface area contributed by atoms with Crippen LogP contribution in [0.1, 0.15) is 30.0 Å². The van der Waals surface area contributed by atoms with Crippen LogP contribution in [0.5, 0.6) is 5.75 Å². The average molecular weight is 365 g/mol. The van der Waals surface area contributed by atoms with Crippen molar-refractivity contribution in [1.82, 2.24) is 9.88 Å². The number of benzene rings is 1. The molecule has 1 atom stereocenters. The number of ether oxygens (including phenoxy) is 1. The van der Waals surface area contributed by atoms with Crippen molar-refractivity contribution in [1.29, 1.82) is 0 Å². The predicted molar refractivity (Wildman–Crippen MR) is 94.3 cm³/mol. The first-order chi connectivity index (χ1) is 12.5. The van der Waals surface area contributed by atoms with E-state index in [1.54, 1.807) is 7.11 Å². The van der Waals surface area contributed by atoms with Gasteiger partial charge in [0.05, 0.1) is 18.7 Å². The largest absolute Gasteiger partial charge is 0.497 e. The Morgan fingerprint density at radius 3 is 2.46 bits per heavy atom. The van der Waals surface area contributed by atoms with Gasteiger partial charge < -0.3 is 10.1 Å². The number of rotatable bonds is 6. The molecule has 140 valence electrons. The van der Waals surface area contributed by atoms with E-state index in [0.717, 1.165) is 43.3 Å². The Morgan fingerprint density at radius 1 is 1.15 bits per heavy atom. The molecule has 0 bridgehead atoms. The first kappa shape index (κ1) is 18.5. The number of alkyl halides is 3. The van der Waals surface area contributed by atoms with Gasteiger partial charge in [-0.1, -0.05) is 12.1 Å². The van der Waals surface area contributed by atoms with Crippen molar-refractivity contribution >= 4 is 5.82 Å². The maximum atomic E-state index is 13.2. The van der Waals surface area contributed by atoms with E-state index >= 15 is 0 Å². The minimum absolute atomic E-state index is 0.0218. The molecule has 2 heterocycles. The fraction of sp³-hybridized carbons (Fsp3) is 0.421. The minimum atomic E-state index is -4.43. The van der Waals surface area contributed by atoms with Crippen molar-refractivity contribution in [3.63, 3.8) is 0 Å². The zero-order chi connectivity index (χ0) is 18.6. The van der Waals surface area contributed by atoms with Crippen LogP contribution in [0, 0.1) is 0 Å². The molecule has 0 saturated carbocycles. The van der Waals surface area contributed by atoms with E-state index in [1.807, 2.05) is 24.3 Å². The van der Waals surface area contributed by atoms with Crippen molar-refractivity contribution < 1.29 is 17.9 Å². The Morgan fingerprint density at radius 2 is 1.85 bits per heavy atom. The Labute approximate surface area is 151 Å². The third kappa shape index (κ3) is 4.27. The molecule has 1 saturated heterocycles. The minimum Gasteiger partial charge on any atom is -0.497 e. The lowest BCUT2D eigenvalue weighted by atomic mass is 10.0. The molecule has 3 rings (SSSR count). The second kappa shape index (κ2) is 7.95. The molecule has 0 radical (unpaired) electrons. The molecule has 4 nitrogen and oxygen atoms in total. The summed E-state index contributed by atoms with van der Waals surface area (Å²) in [4.78, 5) is 6.19. The topological polar surface area (TPSA) is 37.4 Å². The predicted octanol–water partition coefficient (Wildman–Crippen LogP) is 4.36.